The van der Waals surface area contributed by atoms with Crippen LogP contribution in [0.25, 0.3) is 0 Å². The number of aryl methyl sites for hydroxylation is 1. The fraction of sp³-hybridized carbons (Fsp3) is 0.333. The summed E-state index contributed by atoms with van der Waals surface area (Å²) in [4.78, 5) is 19.6. The number of nitrogens with zero attached hydrogens (tertiary/aromatic N) is 2. The quantitative estimate of drug-likeness (QED) is 0.452. The summed E-state index contributed by atoms with van der Waals surface area (Å²) < 4.78 is 6.03. The van der Waals surface area contributed by atoms with Crippen molar-refractivity contribution in [3.63, 3.8) is 0 Å². The number of rotatable bonds is 9. The third-order valence-electron chi connectivity index (χ3n) is 5.23. The Balaban J connectivity index is 1.85. The first kappa shape index (κ1) is 23.3. The predicted molar refractivity (Wildman–Crippen MR) is 125 cm³/mol. The molecule has 0 spiro atoms. The fourth-order valence-electron chi connectivity index (χ4n) is 3.24. The third-order valence-corrected chi connectivity index (χ3v) is 6.34. The van der Waals surface area contributed by atoms with Crippen LogP contribution in [0.3, 0.4) is 0 Å². The Morgan fingerprint density at radius 1 is 1.29 bits per heavy atom. The van der Waals surface area contributed by atoms with Gasteiger partial charge in [0.15, 0.2) is 0 Å². The summed E-state index contributed by atoms with van der Waals surface area (Å²) in [6.45, 7) is 6.65. The molecule has 1 heterocycles. The Hall–Kier alpha value is -2.41. The van der Waals surface area contributed by atoms with Crippen LogP contribution in [0.15, 0.2) is 47.8 Å². The first-order valence-electron chi connectivity index (χ1n) is 10.2. The highest BCUT2D eigenvalue weighted by molar-refractivity contribution is 7.09. The van der Waals surface area contributed by atoms with Gasteiger partial charge in [-0.1, -0.05) is 36.7 Å². The van der Waals surface area contributed by atoms with Crippen LogP contribution in [0.4, 0.5) is 0 Å². The number of hydrogen-bond donors (Lipinski definition) is 1. The SMILES string of the molecule is CCC(C)N(Cc1cc(Cl)ccc1OCc1nc(CO)cs1)C(=O)c1ccccc1C. The summed E-state index contributed by atoms with van der Waals surface area (Å²) >= 11 is 7.72. The van der Waals surface area contributed by atoms with Gasteiger partial charge in [-0.3, -0.25) is 4.79 Å². The zero-order valence-corrected chi connectivity index (χ0v) is 19.5. The van der Waals surface area contributed by atoms with E-state index in [2.05, 4.69) is 11.9 Å². The van der Waals surface area contributed by atoms with E-state index >= 15 is 0 Å². The molecule has 0 saturated heterocycles. The smallest absolute Gasteiger partial charge is 0.254 e. The molecule has 7 heteroatoms. The molecule has 0 aliphatic rings. The van der Waals surface area contributed by atoms with E-state index in [1.165, 1.54) is 11.3 Å². The number of amides is 1. The van der Waals surface area contributed by atoms with Gasteiger partial charge in [-0.15, -0.1) is 11.3 Å². The maximum Gasteiger partial charge on any atom is 0.254 e. The predicted octanol–water partition coefficient (Wildman–Crippen LogP) is 5.62. The molecule has 2 aromatic carbocycles. The Morgan fingerprint density at radius 3 is 2.74 bits per heavy atom. The number of thiazole rings is 1. The lowest BCUT2D eigenvalue weighted by Crippen LogP contribution is -2.38. The third kappa shape index (κ3) is 5.85. The molecule has 0 aliphatic carbocycles. The van der Waals surface area contributed by atoms with Gasteiger partial charge in [0.1, 0.15) is 17.4 Å². The van der Waals surface area contributed by atoms with E-state index in [0.29, 0.717) is 28.6 Å². The van der Waals surface area contributed by atoms with Crippen LogP contribution in [0.2, 0.25) is 5.02 Å². The molecule has 0 aliphatic heterocycles. The minimum absolute atomic E-state index is 0.00844. The van der Waals surface area contributed by atoms with Crippen molar-refractivity contribution in [1.82, 2.24) is 9.88 Å². The topological polar surface area (TPSA) is 62.7 Å². The van der Waals surface area contributed by atoms with Gasteiger partial charge in [0.05, 0.1) is 12.3 Å². The van der Waals surface area contributed by atoms with Crippen LogP contribution in [0.5, 0.6) is 5.75 Å². The molecule has 0 bridgehead atoms. The van der Waals surface area contributed by atoms with E-state index in [1.54, 1.807) is 6.07 Å². The van der Waals surface area contributed by atoms with Crippen molar-refractivity contribution < 1.29 is 14.6 Å². The van der Waals surface area contributed by atoms with Crippen molar-refractivity contribution in [3.05, 3.63) is 80.3 Å². The second kappa shape index (κ2) is 10.8. The number of aliphatic hydroxyl groups is 1. The van der Waals surface area contributed by atoms with Crippen molar-refractivity contribution >= 4 is 28.8 Å². The molecule has 1 atom stereocenters. The number of ether oxygens (including phenoxy) is 1. The number of carbonyl (C=O) groups excluding carboxylic acids is 1. The number of hydrogen-bond acceptors (Lipinski definition) is 5. The van der Waals surface area contributed by atoms with Crippen LogP contribution in [0, 0.1) is 6.92 Å². The summed E-state index contributed by atoms with van der Waals surface area (Å²) in [5.41, 5.74) is 3.12. The van der Waals surface area contributed by atoms with Gasteiger partial charge in [0.25, 0.3) is 5.91 Å². The van der Waals surface area contributed by atoms with E-state index in [-0.39, 0.29) is 25.2 Å². The lowest BCUT2D eigenvalue weighted by Gasteiger charge is -2.30. The molecular weight excluding hydrogens is 432 g/mol. The molecule has 1 amide bonds. The van der Waals surface area contributed by atoms with Gasteiger partial charge in [-0.05, 0) is 50.1 Å². The molecule has 0 fully saturated rings. The van der Waals surface area contributed by atoms with Gasteiger partial charge in [-0.2, -0.15) is 0 Å². The van der Waals surface area contributed by atoms with Crippen LogP contribution >= 0.6 is 22.9 Å². The van der Waals surface area contributed by atoms with Crippen molar-refractivity contribution in [2.45, 2.75) is 53.0 Å². The molecule has 31 heavy (non-hydrogen) atoms. The summed E-state index contributed by atoms with van der Waals surface area (Å²) in [6, 6.07) is 13.1. The average Bonchev–Trinajstić information content (AvgIpc) is 3.24. The van der Waals surface area contributed by atoms with E-state index in [1.807, 2.05) is 60.5 Å². The first-order valence-corrected chi connectivity index (χ1v) is 11.5. The van der Waals surface area contributed by atoms with E-state index < -0.39 is 0 Å². The molecule has 1 aromatic heterocycles. The largest absolute Gasteiger partial charge is 0.486 e. The molecule has 5 nitrogen and oxygen atoms in total. The Bertz CT molecular complexity index is 1040. The molecule has 3 rings (SSSR count). The van der Waals surface area contributed by atoms with E-state index in [4.69, 9.17) is 16.3 Å². The minimum Gasteiger partial charge on any atom is -0.486 e. The second-order valence-electron chi connectivity index (χ2n) is 7.44. The van der Waals surface area contributed by atoms with Crippen LogP contribution in [-0.2, 0) is 19.8 Å². The zero-order valence-electron chi connectivity index (χ0n) is 18.0. The van der Waals surface area contributed by atoms with Crippen molar-refractivity contribution in [2.24, 2.45) is 0 Å². The van der Waals surface area contributed by atoms with Crippen molar-refractivity contribution in [3.8, 4) is 5.75 Å². The molecule has 3 aromatic rings. The molecule has 164 valence electrons. The highest BCUT2D eigenvalue weighted by atomic mass is 35.5. The van der Waals surface area contributed by atoms with Crippen molar-refractivity contribution in [1.29, 1.82) is 0 Å². The van der Waals surface area contributed by atoms with Gasteiger partial charge >= 0.3 is 0 Å². The molecule has 1 unspecified atom stereocenters. The van der Waals surface area contributed by atoms with E-state index in [9.17, 15) is 9.90 Å². The van der Waals surface area contributed by atoms with Gasteiger partial charge in [0.2, 0.25) is 0 Å². The zero-order chi connectivity index (χ0) is 22.4. The van der Waals surface area contributed by atoms with Crippen LogP contribution in [-0.4, -0.2) is 26.9 Å². The molecule has 1 N–H and O–H groups in total. The normalized spacial score (nSPS) is 11.9. The number of aliphatic hydroxyl groups excluding tert-OH is 1. The lowest BCUT2D eigenvalue weighted by molar-refractivity contribution is 0.0668. The summed E-state index contributed by atoms with van der Waals surface area (Å²) in [7, 11) is 0. The number of benzene rings is 2. The fourth-order valence-corrected chi connectivity index (χ4v) is 4.13. The Kier molecular flexibility index (Phi) is 8.07. The van der Waals surface area contributed by atoms with Gasteiger partial charge < -0.3 is 14.7 Å². The summed E-state index contributed by atoms with van der Waals surface area (Å²) in [5, 5.41) is 12.4. The van der Waals surface area contributed by atoms with Gasteiger partial charge in [-0.25, -0.2) is 4.98 Å². The molecule has 0 radical (unpaired) electrons. The second-order valence-corrected chi connectivity index (χ2v) is 8.82. The van der Waals surface area contributed by atoms with Crippen LogP contribution < -0.4 is 4.74 Å². The summed E-state index contributed by atoms with van der Waals surface area (Å²) in [6.07, 6.45) is 0.831. The average molecular weight is 459 g/mol. The standard InChI is InChI=1S/C24H27ClN2O3S/c1-4-17(3)27(24(29)21-8-6-5-7-16(21)2)12-18-11-19(25)9-10-22(18)30-14-23-26-20(13-28)15-31-23/h5-11,15,17,28H,4,12-14H2,1-3H3. The number of aromatic nitrogens is 1. The molecular formula is C24H27ClN2O3S. The van der Waals surface area contributed by atoms with Gasteiger partial charge in [0, 0.05) is 34.1 Å². The first-order chi connectivity index (χ1) is 14.9. The van der Waals surface area contributed by atoms with Crippen LogP contribution in [0.1, 0.15) is 52.5 Å². The lowest BCUT2D eigenvalue weighted by atomic mass is 10.0. The minimum atomic E-state index is -0.0897. The summed E-state index contributed by atoms with van der Waals surface area (Å²) in [5.74, 6) is 0.655. The number of carbonyl (C=O) groups is 1. The maximum absolute atomic E-state index is 13.4. The highest BCUT2D eigenvalue weighted by Gasteiger charge is 2.23. The van der Waals surface area contributed by atoms with Crippen molar-refractivity contribution in [2.75, 3.05) is 0 Å². The Labute approximate surface area is 192 Å². The van der Waals surface area contributed by atoms with E-state index in [0.717, 1.165) is 22.6 Å². The highest BCUT2D eigenvalue weighted by Crippen LogP contribution is 2.28. The molecule has 0 saturated carbocycles. The maximum atomic E-state index is 13.4. The Morgan fingerprint density at radius 2 is 2.06 bits per heavy atom. The monoisotopic (exact) mass is 458 g/mol. The number of halogens is 1.